The fraction of sp³-hybridized carbons (Fsp3) is 0.304. The van der Waals surface area contributed by atoms with E-state index in [-0.39, 0.29) is 11.8 Å². The van der Waals surface area contributed by atoms with Gasteiger partial charge >= 0.3 is 0 Å². The number of pyridine rings is 1. The molecule has 6 heterocycles. The molecule has 2 aliphatic heterocycles. The van der Waals surface area contributed by atoms with E-state index in [0.29, 0.717) is 34.5 Å². The molecule has 166 valence electrons. The van der Waals surface area contributed by atoms with Crippen molar-refractivity contribution < 1.29 is 9.32 Å². The van der Waals surface area contributed by atoms with Crippen molar-refractivity contribution >= 4 is 17.5 Å². The van der Waals surface area contributed by atoms with Crippen LogP contribution in [-0.4, -0.2) is 54.3 Å². The standard InChI is InChI=1S/C23H22N8O2/c1-30-11-8-14(22(30)32)18-12-21(33-29-18)17-5-2-4-15(26-17)16-7-9-24-23(27-16)28-19-13-25-31-10-3-6-20(19)31/h2,4-5,7,9,12-14H,3,6,8,10-11H2,1H3,(H,24,27,28)/t14-/m0/s1. The Morgan fingerprint density at radius 3 is 2.88 bits per heavy atom. The van der Waals surface area contributed by atoms with Crippen molar-refractivity contribution in [2.24, 2.45) is 0 Å². The van der Waals surface area contributed by atoms with Crippen molar-refractivity contribution in [1.82, 2.24) is 34.8 Å². The maximum absolute atomic E-state index is 12.3. The molecule has 1 N–H and O–H groups in total. The van der Waals surface area contributed by atoms with E-state index in [1.165, 1.54) is 5.69 Å². The summed E-state index contributed by atoms with van der Waals surface area (Å²) in [6, 6.07) is 9.26. The molecule has 33 heavy (non-hydrogen) atoms. The predicted octanol–water partition coefficient (Wildman–Crippen LogP) is 3.03. The number of anilines is 2. The van der Waals surface area contributed by atoms with E-state index >= 15 is 0 Å². The molecular formula is C23H22N8O2. The number of likely N-dealkylation sites (N-methyl/N-ethyl adjacent to an activating group) is 1. The molecule has 0 aliphatic carbocycles. The van der Waals surface area contributed by atoms with Gasteiger partial charge in [0.25, 0.3) is 0 Å². The second-order valence-corrected chi connectivity index (χ2v) is 8.35. The van der Waals surface area contributed by atoms with Crippen LogP contribution < -0.4 is 5.32 Å². The van der Waals surface area contributed by atoms with Crippen molar-refractivity contribution in [3.63, 3.8) is 0 Å². The van der Waals surface area contributed by atoms with Crippen molar-refractivity contribution in [1.29, 1.82) is 0 Å². The van der Waals surface area contributed by atoms with Gasteiger partial charge in [0.1, 0.15) is 5.69 Å². The summed E-state index contributed by atoms with van der Waals surface area (Å²) in [4.78, 5) is 27.7. The molecule has 0 aromatic carbocycles. The van der Waals surface area contributed by atoms with Gasteiger partial charge in [-0.25, -0.2) is 15.0 Å². The number of aryl methyl sites for hydroxylation is 1. The van der Waals surface area contributed by atoms with Crippen LogP contribution in [0.2, 0.25) is 0 Å². The van der Waals surface area contributed by atoms with E-state index in [2.05, 4.69) is 25.5 Å². The molecule has 1 fully saturated rings. The first kappa shape index (κ1) is 19.6. The lowest BCUT2D eigenvalue weighted by molar-refractivity contribution is -0.127. The molecular weight excluding hydrogens is 420 g/mol. The molecule has 1 atom stereocenters. The van der Waals surface area contributed by atoms with Gasteiger partial charge in [-0.2, -0.15) is 5.10 Å². The highest BCUT2D eigenvalue weighted by Gasteiger charge is 2.33. The van der Waals surface area contributed by atoms with Crippen molar-refractivity contribution in [2.75, 3.05) is 18.9 Å². The minimum atomic E-state index is -0.253. The van der Waals surface area contributed by atoms with E-state index in [1.807, 2.05) is 35.1 Å². The van der Waals surface area contributed by atoms with E-state index < -0.39 is 0 Å². The van der Waals surface area contributed by atoms with Gasteiger partial charge in [0.2, 0.25) is 11.9 Å². The minimum absolute atomic E-state index is 0.0710. The topological polar surface area (TPSA) is 115 Å². The maximum atomic E-state index is 12.3. The highest BCUT2D eigenvalue weighted by molar-refractivity contribution is 5.85. The second-order valence-electron chi connectivity index (χ2n) is 8.35. The Hall–Kier alpha value is -4.08. The molecule has 0 bridgehead atoms. The number of carbonyl (C=O) groups excluding carboxylic acids is 1. The van der Waals surface area contributed by atoms with Gasteiger partial charge in [0.05, 0.1) is 40.6 Å². The minimum Gasteiger partial charge on any atom is -0.354 e. The third kappa shape index (κ3) is 3.53. The lowest BCUT2D eigenvalue weighted by Crippen LogP contribution is -2.21. The molecule has 0 spiro atoms. The van der Waals surface area contributed by atoms with Crippen LogP contribution >= 0.6 is 0 Å². The summed E-state index contributed by atoms with van der Waals surface area (Å²) in [5.41, 5.74) is 4.77. The van der Waals surface area contributed by atoms with Crippen LogP contribution in [0.1, 0.15) is 30.1 Å². The monoisotopic (exact) mass is 442 g/mol. The number of carbonyl (C=O) groups is 1. The Morgan fingerprint density at radius 2 is 2.00 bits per heavy atom. The summed E-state index contributed by atoms with van der Waals surface area (Å²) in [5.74, 6) is 0.836. The maximum Gasteiger partial charge on any atom is 0.231 e. The van der Waals surface area contributed by atoms with Crippen LogP contribution in [0.3, 0.4) is 0 Å². The number of rotatable bonds is 5. The van der Waals surface area contributed by atoms with E-state index in [9.17, 15) is 4.79 Å². The predicted molar refractivity (Wildman–Crippen MR) is 120 cm³/mol. The summed E-state index contributed by atoms with van der Waals surface area (Å²) < 4.78 is 7.55. The van der Waals surface area contributed by atoms with Crippen LogP contribution in [0, 0.1) is 0 Å². The van der Waals surface area contributed by atoms with Crippen LogP contribution in [0.5, 0.6) is 0 Å². The highest BCUT2D eigenvalue weighted by Crippen LogP contribution is 2.31. The third-order valence-corrected chi connectivity index (χ3v) is 6.21. The zero-order chi connectivity index (χ0) is 22.4. The lowest BCUT2D eigenvalue weighted by atomic mass is 10.0. The molecule has 0 radical (unpaired) electrons. The Morgan fingerprint density at radius 1 is 1.12 bits per heavy atom. The van der Waals surface area contributed by atoms with E-state index in [1.54, 1.807) is 24.2 Å². The molecule has 1 saturated heterocycles. The Bertz CT molecular complexity index is 1340. The second kappa shape index (κ2) is 7.80. The van der Waals surface area contributed by atoms with E-state index in [0.717, 1.165) is 38.0 Å². The number of nitrogens with zero attached hydrogens (tertiary/aromatic N) is 7. The molecule has 10 nitrogen and oxygen atoms in total. The van der Waals surface area contributed by atoms with Crippen LogP contribution in [0.15, 0.2) is 47.2 Å². The number of likely N-dealkylation sites (tertiary alicyclic amines) is 1. The van der Waals surface area contributed by atoms with Crippen LogP contribution in [0.25, 0.3) is 22.8 Å². The van der Waals surface area contributed by atoms with Crippen LogP contribution in [0.4, 0.5) is 11.6 Å². The lowest BCUT2D eigenvalue weighted by Gasteiger charge is -2.07. The van der Waals surface area contributed by atoms with Gasteiger partial charge in [-0.15, -0.1) is 0 Å². The number of amides is 1. The van der Waals surface area contributed by atoms with Gasteiger partial charge < -0.3 is 14.7 Å². The molecule has 6 rings (SSSR count). The van der Waals surface area contributed by atoms with Crippen molar-refractivity contribution in [2.45, 2.75) is 31.7 Å². The summed E-state index contributed by atoms with van der Waals surface area (Å²) in [5, 5.41) is 11.8. The Balaban J connectivity index is 1.25. The van der Waals surface area contributed by atoms with Gasteiger partial charge in [-0.1, -0.05) is 11.2 Å². The summed E-state index contributed by atoms with van der Waals surface area (Å²) >= 11 is 0. The smallest absolute Gasteiger partial charge is 0.231 e. The number of aromatic nitrogens is 6. The molecule has 4 aromatic heterocycles. The molecule has 1 amide bonds. The zero-order valence-corrected chi connectivity index (χ0v) is 18.1. The molecule has 2 aliphatic rings. The normalized spacial score (nSPS) is 17.5. The quantitative estimate of drug-likeness (QED) is 0.502. The first-order chi connectivity index (χ1) is 16.2. The first-order valence-electron chi connectivity index (χ1n) is 11.0. The first-order valence-corrected chi connectivity index (χ1v) is 11.0. The number of nitrogens with one attached hydrogen (secondary N) is 1. The van der Waals surface area contributed by atoms with E-state index in [4.69, 9.17) is 9.51 Å². The average molecular weight is 442 g/mol. The summed E-state index contributed by atoms with van der Waals surface area (Å²) in [7, 11) is 1.81. The van der Waals surface area contributed by atoms with Gasteiger partial charge in [-0.05, 0) is 37.5 Å². The molecule has 0 saturated carbocycles. The number of hydrogen-bond acceptors (Lipinski definition) is 8. The fourth-order valence-corrected chi connectivity index (χ4v) is 4.44. The third-order valence-electron chi connectivity index (χ3n) is 6.21. The van der Waals surface area contributed by atoms with Crippen LogP contribution in [-0.2, 0) is 17.8 Å². The molecule has 10 heteroatoms. The fourth-order valence-electron chi connectivity index (χ4n) is 4.44. The summed E-state index contributed by atoms with van der Waals surface area (Å²) in [6.07, 6.45) is 6.36. The number of fused-ring (bicyclic) bond motifs is 1. The van der Waals surface area contributed by atoms with Crippen molar-refractivity contribution in [3.8, 4) is 22.8 Å². The molecule has 0 unspecified atom stereocenters. The Labute approximate surface area is 189 Å². The largest absolute Gasteiger partial charge is 0.354 e. The van der Waals surface area contributed by atoms with Gasteiger partial charge in [0, 0.05) is 32.4 Å². The average Bonchev–Trinajstić information content (AvgIpc) is 3.62. The molecule has 4 aromatic rings. The van der Waals surface area contributed by atoms with Crippen molar-refractivity contribution in [3.05, 3.63) is 54.1 Å². The number of hydrogen-bond donors (Lipinski definition) is 1. The zero-order valence-electron chi connectivity index (χ0n) is 18.1. The van der Waals surface area contributed by atoms with Gasteiger partial charge in [0.15, 0.2) is 5.76 Å². The SMILES string of the molecule is CN1CC[C@@H](c2cc(-c3cccc(-c4ccnc(Nc5cnn6c5CCC6)n4)n3)on2)C1=O. The highest BCUT2D eigenvalue weighted by atomic mass is 16.5. The summed E-state index contributed by atoms with van der Waals surface area (Å²) in [6.45, 7) is 1.68. The van der Waals surface area contributed by atoms with Gasteiger partial charge in [-0.3, -0.25) is 9.48 Å². The Kier molecular flexibility index (Phi) is 4.63.